The van der Waals surface area contributed by atoms with Crippen molar-refractivity contribution in [2.45, 2.75) is 33.9 Å². The number of nitrogens with zero attached hydrogens (tertiary/aromatic N) is 2. The quantitative estimate of drug-likeness (QED) is 0.493. The predicted octanol–water partition coefficient (Wildman–Crippen LogP) is 4.45. The van der Waals surface area contributed by atoms with Gasteiger partial charge in [-0.25, -0.2) is 0 Å². The molecule has 3 N–H and O–H groups in total. The van der Waals surface area contributed by atoms with Gasteiger partial charge < -0.3 is 15.3 Å². The van der Waals surface area contributed by atoms with Gasteiger partial charge in [0.15, 0.2) is 0 Å². The second kappa shape index (κ2) is 10.9. The lowest BCUT2D eigenvalue weighted by Gasteiger charge is -2.26. The van der Waals surface area contributed by atoms with Crippen LogP contribution in [-0.2, 0) is 0 Å². The molecule has 1 atom stereocenters. The Morgan fingerprint density at radius 1 is 0.903 bits per heavy atom. The average molecular weight is 417 g/mol. The van der Waals surface area contributed by atoms with Crippen LogP contribution in [0.25, 0.3) is 5.57 Å². The van der Waals surface area contributed by atoms with Crippen molar-refractivity contribution in [1.82, 2.24) is 0 Å². The molecule has 4 nitrogen and oxygen atoms in total. The van der Waals surface area contributed by atoms with E-state index in [0.717, 1.165) is 42.2 Å². The lowest BCUT2D eigenvalue weighted by Crippen LogP contribution is -2.77. The second-order valence-electron chi connectivity index (χ2n) is 7.60. The molecule has 0 aliphatic heterocycles. The molecule has 0 aromatic heterocycles. The van der Waals surface area contributed by atoms with Crippen LogP contribution in [0.15, 0.2) is 83.4 Å². The highest BCUT2D eigenvalue weighted by Gasteiger charge is 2.14. The summed E-state index contributed by atoms with van der Waals surface area (Å²) in [6.45, 7) is 10.6. The van der Waals surface area contributed by atoms with Crippen molar-refractivity contribution in [3.05, 3.63) is 89.5 Å². The van der Waals surface area contributed by atoms with Crippen LogP contribution in [0.3, 0.4) is 0 Å². The standard InChI is InChI=1S/C27H33N3O/c1-5-28-24-14-8-21(9-15-24)27(22-10-16-25(17-11-22)29-6-2)23-12-18-26(19-13-23)30(7-3)20(4)31/h8-20,28,31H,5-7H2,1-4H3/p+1. The van der Waals surface area contributed by atoms with Gasteiger partial charge in [0.2, 0.25) is 0 Å². The van der Waals surface area contributed by atoms with Crippen LogP contribution in [0.2, 0.25) is 0 Å². The van der Waals surface area contributed by atoms with Gasteiger partial charge in [-0.2, -0.15) is 0 Å². The molecule has 3 rings (SSSR count). The van der Waals surface area contributed by atoms with Crippen LogP contribution >= 0.6 is 0 Å². The second-order valence-corrected chi connectivity index (χ2v) is 7.60. The fourth-order valence-corrected chi connectivity index (χ4v) is 3.92. The van der Waals surface area contributed by atoms with Crippen LogP contribution < -0.4 is 10.2 Å². The third-order valence-electron chi connectivity index (χ3n) is 5.42. The molecule has 2 aromatic rings. The van der Waals surface area contributed by atoms with Crippen LogP contribution in [0.1, 0.15) is 38.8 Å². The molecule has 0 amide bonds. The number of nitrogens with two attached hydrogens (primary N) is 1. The first kappa shape index (κ1) is 22.7. The predicted molar refractivity (Wildman–Crippen MR) is 132 cm³/mol. The number of aliphatic hydroxyl groups excluding tert-OH is 1. The van der Waals surface area contributed by atoms with Crippen LogP contribution in [0.4, 0.5) is 11.4 Å². The van der Waals surface area contributed by atoms with E-state index in [9.17, 15) is 5.11 Å². The average Bonchev–Trinajstić information content (AvgIpc) is 2.78. The van der Waals surface area contributed by atoms with Gasteiger partial charge in [-0.05, 0) is 98.5 Å². The Hall–Kier alpha value is -2.95. The van der Waals surface area contributed by atoms with Crippen molar-refractivity contribution in [2.24, 2.45) is 4.99 Å². The van der Waals surface area contributed by atoms with E-state index in [2.05, 4.69) is 104 Å². The van der Waals surface area contributed by atoms with E-state index in [0.29, 0.717) is 0 Å². The van der Waals surface area contributed by atoms with Gasteiger partial charge in [0.05, 0.1) is 12.3 Å². The number of anilines is 1. The number of benzene rings is 2. The molecule has 162 valence electrons. The summed E-state index contributed by atoms with van der Waals surface area (Å²) in [6, 6.07) is 17.2. The first-order chi connectivity index (χ1) is 15.1. The lowest BCUT2D eigenvalue weighted by molar-refractivity contribution is -0.567. The number of quaternary nitrogens is 1. The molecule has 0 heterocycles. The van der Waals surface area contributed by atoms with E-state index >= 15 is 0 Å². The summed E-state index contributed by atoms with van der Waals surface area (Å²) < 4.78 is 0. The molecule has 0 spiro atoms. The van der Waals surface area contributed by atoms with E-state index in [-0.39, 0.29) is 0 Å². The van der Waals surface area contributed by atoms with E-state index in [4.69, 9.17) is 0 Å². The summed E-state index contributed by atoms with van der Waals surface area (Å²) in [5, 5.41) is 12.3. The molecule has 4 heteroatoms. The Labute approximate surface area is 186 Å². The molecule has 0 fully saturated rings. The van der Waals surface area contributed by atoms with Gasteiger partial charge in [0.25, 0.3) is 0 Å². The summed E-state index contributed by atoms with van der Waals surface area (Å²) in [5.74, 6) is 0. The van der Waals surface area contributed by atoms with Gasteiger partial charge in [-0.1, -0.05) is 24.3 Å². The number of rotatable bonds is 8. The smallest absolute Gasteiger partial charge is 0.129 e. The molecule has 0 bridgehead atoms. The molecular formula is C27H34N3O+. The van der Waals surface area contributed by atoms with Crippen molar-refractivity contribution in [3.63, 3.8) is 0 Å². The molecule has 1 unspecified atom stereocenters. The minimum absolute atomic E-state index is 0.517. The highest BCUT2D eigenvalue weighted by atomic mass is 16.3. The summed E-state index contributed by atoms with van der Waals surface area (Å²) in [5.41, 5.74) is 7.96. The summed E-state index contributed by atoms with van der Waals surface area (Å²) >= 11 is 0. The number of aliphatic imine (C=N–C) groups is 1. The van der Waals surface area contributed by atoms with Crippen LogP contribution in [0, 0.1) is 0 Å². The Kier molecular flexibility index (Phi) is 7.99. The molecular weight excluding hydrogens is 382 g/mol. The SMILES string of the molecule is CCN=C1C=CC(=C(c2ccc([NH2+]CC)cc2)c2ccc(N(CC)C(C)O)cc2)C=C1. The van der Waals surface area contributed by atoms with Gasteiger partial charge >= 0.3 is 0 Å². The Morgan fingerprint density at radius 3 is 1.97 bits per heavy atom. The van der Waals surface area contributed by atoms with E-state index in [1.165, 1.54) is 16.8 Å². The van der Waals surface area contributed by atoms with Gasteiger partial charge in [0.1, 0.15) is 11.9 Å². The Bertz CT molecular complexity index is 962. The minimum Gasteiger partial charge on any atom is -0.374 e. The first-order valence-corrected chi connectivity index (χ1v) is 11.2. The van der Waals surface area contributed by atoms with Crippen LogP contribution in [0.5, 0.6) is 0 Å². The van der Waals surface area contributed by atoms with Crippen molar-refractivity contribution in [1.29, 1.82) is 0 Å². The third-order valence-corrected chi connectivity index (χ3v) is 5.42. The largest absolute Gasteiger partial charge is 0.374 e. The normalized spacial score (nSPS) is 14.0. The van der Waals surface area contributed by atoms with Gasteiger partial charge in [-0.15, -0.1) is 0 Å². The Morgan fingerprint density at radius 2 is 1.48 bits per heavy atom. The first-order valence-electron chi connectivity index (χ1n) is 11.2. The van der Waals surface area contributed by atoms with Crippen molar-refractivity contribution < 1.29 is 10.4 Å². The highest BCUT2D eigenvalue weighted by molar-refractivity contribution is 6.07. The number of allylic oxidation sites excluding steroid dienone is 5. The monoisotopic (exact) mass is 416 g/mol. The number of aliphatic hydroxyl groups is 1. The van der Waals surface area contributed by atoms with Crippen molar-refractivity contribution in [3.8, 4) is 0 Å². The summed E-state index contributed by atoms with van der Waals surface area (Å²) in [4.78, 5) is 6.47. The van der Waals surface area contributed by atoms with Gasteiger partial charge in [0, 0.05) is 18.8 Å². The molecule has 1 aliphatic rings. The van der Waals surface area contributed by atoms with Crippen molar-refractivity contribution in [2.75, 3.05) is 24.5 Å². The zero-order valence-corrected chi connectivity index (χ0v) is 19.0. The molecule has 1 aliphatic carbocycles. The fraction of sp³-hybridized carbons (Fsp3) is 0.296. The highest BCUT2D eigenvalue weighted by Crippen LogP contribution is 2.31. The third kappa shape index (κ3) is 5.60. The fourth-order valence-electron chi connectivity index (χ4n) is 3.92. The molecule has 2 aromatic carbocycles. The summed E-state index contributed by atoms with van der Waals surface area (Å²) in [7, 11) is 0. The molecule has 31 heavy (non-hydrogen) atoms. The van der Waals surface area contributed by atoms with Crippen LogP contribution in [-0.4, -0.2) is 36.7 Å². The minimum atomic E-state index is -0.517. The molecule has 0 radical (unpaired) electrons. The van der Waals surface area contributed by atoms with Gasteiger partial charge in [-0.3, -0.25) is 4.99 Å². The topological polar surface area (TPSA) is 52.4 Å². The molecule has 0 saturated heterocycles. The van der Waals surface area contributed by atoms with E-state index in [1.807, 2.05) is 4.90 Å². The van der Waals surface area contributed by atoms with E-state index < -0.39 is 6.23 Å². The number of hydrogen-bond acceptors (Lipinski definition) is 3. The Balaban J connectivity index is 2.05. The van der Waals surface area contributed by atoms with E-state index in [1.54, 1.807) is 6.92 Å². The maximum absolute atomic E-state index is 10.0. The number of hydrogen-bond donors (Lipinski definition) is 2. The van der Waals surface area contributed by atoms with Crippen molar-refractivity contribution >= 4 is 22.7 Å². The lowest BCUT2D eigenvalue weighted by atomic mass is 9.90. The maximum atomic E-state index is 10.0. The zero-order chi connectivity index (χ0) is 22.2. The summed E-state index contributed by atoms with van der Waals surface area (Å²) in [6.07, 6.45) is 7.95. The maximum Gasteiger partial charge on any atom is 0.129 e. The zero-order valence-electron chi connectivity index (χ0n) is 19.0. The molecule has 0 saturated carbocycles.